The lowest BCUT2D eigenvalue weighted by atomic mass is 9.67. The van der Waals surface area contributed by atoms with Crippen molar-refractivity contribution in [2.75, 3.05) is 0 Å². The monoisotopic (exact) mass is 308 g/mol. The van der Waals surface area contributed by atoms with Crippen molar-refractivity contribution in [3.63, 3.8) is 0 Å². The van der Waals surface area contributed by atoms with Gasteiger partial charge in [0.1, 0.15) is 0 Å². The lowest BCUT2D eigenvalue weighted by molar-refractivity contribution is -0.156. The summed E-state index contributed by atoms with van der Waals surface area (Å²) >= 11 is 0. The van der Waals surface area contributed by atoms with Gasteiger partial charge >= 0.3 is 11.9 Å². The average Bonchev–Trinajstić information content (AvgIpc) is 2.72. The van der Waals surface area contributed by atoms with Crippen LogP contribution in [0.25, 0.3) is 0 Å². The van der Waals surface area contributed by atoms with E-state index in [0.29, 0.717) is 5.41 Å². The second-order valence-corrected chi connectivity index (χ2v) is 7.64. The van der Waals surface area contributed by atoms with E-state index >= 15 is 0 Å². The Morgan fingerprint density at radius 3 is 2.05 bits per heavy atom. The minimum Gasteiger partial charge on any atom is -0.394 e. The van der Waals surface area contributed by atoms with Crippen LogP contribution >= 0.6 is 0 Å². The van der Waals surface area contributed by atoms with Gasteiger partial charge in [0.25, 0.3) is 0 Å². The summed E-state index contributed by atoms with van der Waals surface area (Å²) in [6.07, 6.45) is 8.70. The van der Waals surface area contributed by atoms with E-state index in [1.165, 1.54) is 57.9 Å². The minimum atomic E-state index is -0.562. The van der Waals surface area contributed by atoms with Gasteiger partial charge in [0, 0.05) is 13.8 Å². The molecule has 0 spiro atoms. The third kappa shape index (κ3) is 5.26. The van der Waals surface area contributed by atoms with Gasteiger partial charge in [-0.3, -0.25) is 9.59 Å². The number of ether oxygens (including phenoxy) is 1. The molecule has 2 aliphatic carbocycles. The van der Waals surface area contributed by atoms with Crippen LogP contribution in [0.1, 0.15) is 73.1 Å². The van der Waals surface area contributed by atoms with E-state index in [4.69, 9.17) is 0 Å². The standard InChI is InChI=1S/C15H26.C4H6O3/c1-11(2)13-9-8-12-7-5-6-10-15(3,4)14(12)13;1-3(5)7-4(2)6/h12-14H,1,5-10H2,2-4H3;1-2H3. The van der Waals surface area contributed by atoms with Gasteiger partial charge < -0.3 is 4.74 Å². The van der Waals surface area contributed by atoms with Crippen LogP contribution in [0.5, 0.6) is 0 Å². The highest BCUT2D eigenvalue weighted by atomic mass is 16.6. The molecule has 0 aromatic rings. The fraction of sp³-hybridized carbons (Fsp3) is 0.789. The van der Waals surface area contributed by atoms with E-state index in [0.717, 1.165) is 17.8 Å². The first kappa shape index (κ1) is 18.9. The van der Waals surface area contributed by atoms with Crippen LogP contribution in [0.15, 0.2) is 12.2 Å². The Bertz CT molecular complexity index is 410. The maximum absolute atomic E-state index is 9.81. The molecular formula is C19H32O3. The van der Waals surface area contributed by atoms with Crippen LogP contribution in [0, 0.1) is 23.2 Å². The number of hydrogen-bond donors (Lipinski definition) is 0. The third-order valence-corrected chi connectivity index (χ3v) is 5.26. The van der Waals surface area contributed by atoms with Gasteiger partial charge in [-0.1, -0.05) is 45.3 Å². The molecule has 3 unspecified atom stereocenters. The fourth-order valence-electron chi connectivity index (χ4n) is 4.50. The normalized spacial score (nSPS) is 29.4. The summed E-state index contributed by atoms with van der Waals surface area (Å²) in [5.41, 5.74) is 2.00. The molecule has 0 heterocycles. The van der Waals surface area contributed by atoms with Crippen LogP contribution < -0.4 is 0 Å². The molecule has 0 N–H and O–H groups in total. The van der Waals surface area contributed by atoms with Gasteiger partial charge in [0.15, 0.2) is 0 Å². The molecule has 3 heteroatoms. The second kappa shape index (κ2) is 7.94. The average molecular weight is 308 g/mol. The number of fused-ring (bicyclic) bond motifs is 1. The van der Waals surface area contributed by atoms with Gasteiger partial charge in [0.05, 0.1) is 0 Å². The molecule has 3 atom stereocenters. The fourth-order valence-corrected chi connectivity index (χ4v) is 4.50. The molecule has 0 radical (unpaired) electrons. The summed E-state index contributed by atoms with van der Waals surface area (Å²) in [6, 6.07) is 0. The number of esters is 2. The van der Waals surface area contributed by atoms with Crippen LogP contribution in [-0.4, -0.2) is 11.9 Å². The van der Waals surface area contributed by atoms with Crippen molar-refractivity contribution < 1.29 is 14.3 Å². The molecule has 2 saturated carbocycles. The van der Waals surface area contributed by atoms with Gasteiger partial charge in [-0.25, -0.2) is 0 Å². The molecule has 22 heavy (non-hydrogen) atoms. The largest absolute Gasteiger partial charge is 0.394 e. The molecule has 0 aromatic carbocycles. The molecule has 3 nitrogen and oxygen atoms in total. The molecule has 2 fully saturated rings. The van der Waals surface area contributed by atoms with Crippen LogP contribution in [-0.2, 0) is 14.3 Å². The molecular weight excluding hydrogens is 276 g/mol. The number of allylic oxidation sites excluding steroid dienone is 1. The number of rotatable bonds is 1. The molecule has 0 aromatic heterocycles. The second-order valence-electron chi connectivity index (χ2n) is 7.64. The van der Waals surface area contributed by atoms with Crippen LogP contribution in [0.2, 0.25) is 0 Å². The number of carbonyl (C=O) groups is 2. The quantitative estimate of drug-likeness (QED) is 0.393. The van der Waals surface area contributed by atoms with E-state index < -0.39 is 11.9 Å². The Kier molecular flexibility index (Phi) is 6.83. The first-order chi connectivity index (χ1) is 10.1. The van der Waals surface area contributed by atoms with Crippen molar-refractivity contribution in [2.45, 2.75) is 73.1 Å². The molecule has 0 bridgehead atoms. The van der Waals surface area contributed by atoms with Crippen molar-refractivity contribution in [2.24, 2.45) is 23.2 Å². The molecule has 0 amide bonds. The Labute approximate surface area is 135 Å². The predicted molar refractivity (Wildman–Crippen MR) is 89.2 cm³/mol. The summed E-state index contributed by atoms with van der Waals surface area (Å²) in [4.78, 5) is 19.6. The van der Waals surface area contributed by atoms with Gasteiger partial charge in [0.2, 0.25) is 0 Å². The highest BCUT2D eigenvalue weighted by molar-refractivity contribution is 5.82. The summed E-state index contributed by atoms with van der Waals surface area (Å²) in [6.45, 7) is 13.8. The first-order valence-corrected chi connectivity index (χ1v) is 8.49. The highest BCUT2D eigenvalue weighted by Crippen LogP contribution is 2.54. The van der Waals surface area contributed by atoms with E-state index in [9.17, 15) is 9.59 Å². The van der Waals surface area contributed by atoms with Crippen LogP contribution in [0.3, 0.4) is 0 Å². The summed E-state index contributed by atoms with van der Waals surface area (Å²) in [7, 11) is 0. The van der Waals surface area contributed by atoms with E-state index in [1.54, 1.807) is 0 Å². The summed E-state index contributed by atoms with van der Waals surface area (Å²) in [5, 5.41) is 0. The van der Waals surface area contributed by atoms with Crippen molar-refractivity contribution in [1.82, 2.24) is 0 Å². The van der Waals surface area contributed by atoms with Gasteiger partial charge in [-0.05, 0) is 49.4 Å². The molecule has 2 rings (SSSR count). The molecule has 0 aliphatic heterocycles. The zero-order chi connectivity index (χ0) is 16.9. The smallest absolute Gasteiger partial charge is 0.310 e. The van der Waals surface area contributed by atoms with Gasteiger partial charge in [-0.15, -0.1) is 0 Å². The van der Waals surface area contributed by atoms with E-state index in [1.807, 2.05) is 0 Å². The molecule has 0 saturated heterocycles. The van der Waals surface area contributed by atoms with Crippen molar-refractivity contribution in [3.05, 3.63) is 12.2 Å². The Morgan fingerprint density at radius 2 is 1.59 bits per heavy atom. The van der Waals surface area contributed by atoms with Gasteiger partial charge in [-0.2, -0.15) is 0 Å². The topological polar surface area (TPSA) is 43.4 Å². The molecule has 2 aliphatic rings. The van der Waals surface area contributed by atoms with Crippen molar-refractivity contribution in [1.29, 1.82) is 0 Å². The Morgan fingerprint density at radius 1 is 1.00 bits per heavy atom. The minimum absolute atomic E-state index is 0.557. The van der Waals surface area contributed by atoms with E-state index in [2.05, 4.69) is 32.1 Å². The highest BCUT2D eigenvalue weighted by Gasteiger charge is 2.45. The van der Waals surface area contributed by atoms with Crippen molar-refractivity contribution >= 4 is 11.9 Å². The SMILES string of the molecule is C=C(C)C1CCC2CCCCC(C)(C)C21.CC(=O)OC(C)=O. The maximum atomic E-state index is 9.81. The van der Waals surface area contributed by atoms with E-state index in [-0.39, 0.29) is 0 Å². The van der Waals surface area contributed by atoms with Crippen molar-refractivity contribution in [3.8, 4) is 0 Å². The predicted octanol–water partition coefficient (Wildman–Crippen LogP) is 4.90. The Hall–Kier alpha value is -1.12. The lowest BCUT2D eigenvalue weighted by Crippen LogP contribution is -2.30. The number of carbonyl (C=O) groups excluding carboxylic acids is 2. The summed E-state index contributed by atoms with van der Waals surface area (Å²) in [5.74, 6) is 1.63. The molecule has 126 valence electrons. The zero-order valence-electron chi connectivity index (χ0n) is 14.9. The first-order valence-electron chi connectivity index (χ1n) is 8.49. The maximum Gasteiger partial charge on any atom is 0.310 e. The lowest BCUT2D eigenvalue weighted by Gasteiger charge is -2.38. The van der Waals surface area contributed by atoms with Crippen LogP contribution in [0.4, 0.5) is 0 Å². The zero-order valence-corrected chi connectivity index (χ0v) is 14.9. The number of hydrogen-bond acceptors (Lipinski definition) is 3. The summed E-state index contributed by atoms with van der Waals surface area (Å²) < 4.78 is 3.97. The Balaban J connectivity index is 0.000000295. The third-order valence-electron chi connectivity index (χ3n) is 5.26.